The molecule has 0 N–H and O–H groups in total. The molecule has 1 heterocycles. The summed E-state index contributed by atoms with van der Waals surface area (Å²) in [5.74, 6) is 1.76. The number of carbonyl (C=O) groups excluding carboxylic acids is 6. The lowest BCUT2D eigenvalue weighted by Gasteiger charge is -2.33. The third-order valence-corrected chi connectivity index (χ3v) is 23.9. The number of nitrogens with zero attached hydrogens (tertiary/aromatic N) is 3. The maximum atomic E-state index is 15.5. The van der Waals surface area contributed by atoms with Crippen LogP contribution in [0.4, 0.5) is 0 Å². The molecule has 13 nitrogen and oxygen atoms in total. The number of hydrogen-bond acceptors (Lipinski definition) is 11. The van der Waals surface area contributed by atoms with Gasteiger partial charge in [0.15, 0.2) is 0 Å². The Morgan fingerprint density at radius 3 is 0.651 bits per heavy atom. The molecule has 0 bridgehead atoms. The first kappa shape index (κ1) is 104. The van der Waals surface area contributed by atoms with E-state index in [-0.39, 0.29) is 35.7 Å². The zero-order valence-electron chi connectivity index (χ0n) is 73.8. The number of carbonyl (C=O) groups is 6. The number of hydrogen-bond donors (Lipinski definition) is 0. The Bertz CT molecular complexity index is 1760. The smallest absolute Gasteiger partial charge is 0.305 e. The van der Waals surface area contributed by atoms with Crippen LogP contribution in [0.15, 0.2) is 0 Å². The average Bonchev–Trinajstić information content (AvgIpc) is 1.72. The Hall–Kier alpha value is -3.22. The van der Waals surface area contributed by atoms with Crippen molar-refractivity contribution in [1.29, 1.82) is 0 Å². The van der Waals surface area contributed by atoms with E-state index in [2.05, 4.69) is 60.3 Å². The summed E-state index contributed by atoms with van der Waals surface area (Å²) in [6.07, 6.45) is 71.4. The molecular formula is C96H183N3O10. The minimum atomic E-state index is -0.783. The highest BCUT2D eigenvalue weighted by Crippen LogP contribution is 2.28. The molecule has 0 atom stereocenters. The highest BCUT2D eigenvalue weighted by Gasteiger charge is 2.36. The second-order valence-electron chi connectivity index (χ2n) is 34.2. The summed E-state index contributed by atoms with van der Waals surface area (Å²) in [4.78, 5) is 89.0. The summed E-state index contributed by atoms with van der Waals surface area (Å²) in [5, 5.41) is 0. The highest BCUT2D eigenvalue weighted by molar-refractivity contribution is 6.00. The monoisotopic (exact) mass is 1540 g/mol. The molecule has 0 aromatic carbocycles. The summed E-state index contributed by atoms with van der Waals surface area (Å²) in [6.45, 7) is 24.9. The number of unbranched alkanes of at least 4 members (excludes halogenated alkanes) is 32. The summed E-state index contributed by atoms with van der Waals surface area (Å²) in [6, 6.07) is 0. The second-order valence-corrected chi connectivity index (χ2v) is 34.2. The number of rotatable bonds is 84. The quantitative estimate of drug-likeness (QED) is 0.0248. The third kappa shape index (κ3) is 63.7. The van der Waals surface area contributed by atoms with Gasteiger partial charge < -0.3 is 33.6 Å². The second kappa shape index (κ2) is 78.7. The molecule has 1 saturated heterocycles. The van der Waals surface area contributed by atoms with Crippen molar-refractivity contribution in [1.82, 2.24) is 14.7 Å². The zero-order chi connectivity index (χ0) is 79.4. The van der Waals surface area contributed by atoms with Crippen LogP contribution in [-0.4, -0.2) is 123 Å². The van der Waals surface area contributed by atoms with Crippen molar-refractivity contribution in [3.63, 3.8) is 0 Å². The highest BCUT2D eigenvalue weighted by atomic mass is 16.5. The van der Waals surface area contributed by atoms with E-state index >= 15 is 9.59 Å². The Kier molecular flexibility index (Phi) is 74.9. The normalized spacial score (nSPS) is 12.6. The predicted octanol–water partition coefficient (Wildman–Crippen LogP) is 27.1. The van der Waals surface area contributed by atoms with Crippen molar-refractivity contribution >= 4 is 35.7 Å². The summed E-state index contributed by atoms with van der Waals surface area (Å²) >= 11 is 0. The molecule has 2 amide bonds. The van der Waals surface area contributed by atoms with Gasteiger partial charge in [-0.25, -0.2) is 0 Å². The van der Waals surface area contributed by atoms with Crippen molar-refractivity contribution in [2.24, 2.45) is 29.6 Å². The molecule has 1 rings (SSSR count). The van der Waals surface area contributed by atoms with Gasteiger partial charge in [0.05, 0.1) is 26.4 Å². The largest absolute Gasteiger partial charge is 0.466 e. The van der Waals surface area contributed by atoms with E-state index in [1.54, 1.807) is 0 Å². The fourth-order valence-corrected chi connectivity index (χ4v) is 16.7. The molecule has 642 valence electrons. The molecule has 0 aliphatic carbocycles. The Labute approximate surface area is 675 Å². The van der Waals surface area contributed by atoms with Crippen LogP contribution < -0.4 is 0 Å². The third-order valence-electron chi connectivity index (χ3n) is 23.9. The summed E-state index contributed by atoms with van der Waals surface area (Å²) < 4.78 is 23.0. The van der Waals surface area contributed by atoms with E-state index in [0.717, 1.165) is 229 Å². The van der Waals surface area contributed by atoms with Crippen LogP contribution in [0.2, 0.25) is 0 Å². The molecule has 109 heavy (non-hydrogen) atoms. The molecule has 1 aliphatic rings. The van der Waals surface area contributed by atoms with Crippen LogP contribution >= 0.6 is 0 Å². The number of likely N-dealkylation sites (tertiary alicyclic amines) is 1. The number of amides is 2. The van der Waals surface area contributed by atoms with Crippen LogP contribution in [0.1, 0.15) is 479 Å². The van der Waals surface area contributed by atoms with Gasteiger partial charge in [-0.05, 0) is 152 Å². The zero-order valence-corrected chi connectivity index (χ0v) is 73.8. The fraction of sp³-hybridized carbons (Fsp3) is 0.938. The van der Waals surface area contributed by atoms with Crippen LogP contribution in [0.5, 0.6) is 0 Å². The van der Waals surface area contributed by atoms with Crippen LogP contribution in [0.25, 0.3) is 0 Å². The maximum Gasteiger partial charge on any atom is 0.305 e. The van der Waals surface area contributed by atoms with Gasteiger partial charge in [0, 0.05) is 58.4 Å². The molecule has 0 saturated carbocycles. The summed E-state index contributed by atoms with van der Waals surface area (Å²) in [5.41, 5.74) is 0. The molecule has 13 heteroatoms. The first-order valence-electron chi connectivity index (χ1n) is 48.3. The molecule has 0 spiro atoms. The predicted molar refractivity (Wildman–Crippen MR) is 461 cm³/mol. The average molecular weight is 1540 g/mol. The molecule has 0 radical (unpaired) electrons. The lowest BCUT2D eigenvalue weighted by molar-refractivity contribution is -0.149. The minimum Gasteiger partial charge on any atom is -0.466 e. The van der Waals surface area contributed by atoms with Gasteiger partial charge in [0.2, 0.25) is 11.8 Å². The molecule has 0 aromatic rings. The van der Waals surface area contributed by atoms with Crippen molar-refractivity contribution in [2.45, 2.75) is 479 Å². The molecular weight excluding hydrogens is 1360 g/mol. The van der Waals surface area contributed by atoms with E-state index in [1.807, 2.05) is 9.80 Å². The van der Waals surface area contributed by atoms with E-state index in [1.165, 1.54) is 205 Å². The van der Waals surface area contributed by atoms with Crippen molar-refractivity contribution in [2.75, 3.05) is 72.2 Å². The number of ether oxygens (including phenoxy) is 4. The molecule has 1 aliphatic heterocycles. The van der Waals surface area contributed by atoms with Gasteiger partial charge in [-0.3, -0.25) is 28.8 Å². The minimum absolute atomic E-state index is 0.0369. The van der Waals surface area contributed by atoms with Gasteiger partial charge >= 0.3 is 23.9 Å². The van der Waals surface area contributed by atoms with Gasteiger partial charge in [0.25, 0.3) is 0 Å². The Morgan fingerprint density at radius 1 is 0.248 bits per heavy atom. The van der Waals surface area contributed by atoms with Gasteiger partial charge in [0.1, 0.15) is 5.92 Å². The Morgan fingerprint density at radius 2 is 0.440 bits per heavy atom. The SMILES string of the molecule is CCCCCC(CCCCC)CCCOC(=O)CCCCCCCN(CCCCCCCC(=O)OCCCC(CCCCC)CCCCC)C(=O)C(CN1CCCC1)C(=O)N(CCCCCCCC(=O)OCCCC(CCCCC)CCCCC)CCCCCCCC(=O)OCCCC(CCCCC)CCCCC. The Balaban J connectivity index is 3.20. The van der Waals surface area contributed by atoms with Crippen molar-refractivity contribution in [3.05, 3.63) is 0 Å². The van der Waals surface area contributed by atoms with E-state index in [0.29, 0.717) is 84.8 Å². The standard InChI is InChI=1S/C96H183N3O10/c1-9-17-37-59-86(60-38-18-10-2)67-55-81-106-91(100)71-45-29-25-33-49-77-98(78-50-34-26-30-46-72-92(101)107-82-56-68-87(61-39-19-11-3)62-40-20-12-4)95(104)90(85-97-75-53-54-76-97)96(105)99(79-51-35-27-31-47-73-93(102)108-83-57-69-88(63-41-21-13-5)64-42-22-14-6)80-52-36-28-32-48-74-94(103)109-84-58-70-89(65-43-23-15-7)66-44-24-16-8/h86-90H,9-85H2,1-8H3. The molecule has 0 aromatic heterocycles. The van der Waals surface area contributed by atoms with Gasteiger partial charge in [-0.15, -0.1) is 0 Å². The van der Waals surface area contributed by atoms with E-state index < -0.39 is 5.92 Å². The van der Waals surface area contributed by atoms with Crippen LogP contribution in [-0.2, 0) is 47.7 Å². The van der Waals surface area contributed by atoms with Crippen LogP contribution in [0, 0.1) is 29.6 Å². The topological polar surface area (TPSA) is 149 Å². The molecule has 1 fully saturated rings. The lowest BCUT2D eigenvalue weighted by Crippen LogP contribution is -2.50. The van der Waals surface area contributed by atoms with E-state index in [4.69, 9.17) is 18.9 Å². The van der Waals surface area contributed by atoms with Gasteiger partial charge in [-0.2, -0.15) is 0 Å². The molecule has 0 unspecified atom stereocenters. The summed E-state index contributed by atoms with van der Waals surface area (Å²) in [7, 11) is 0. The lowest BCUT2D eigenvalue weighted by atomic mass is 9.91. The maximum absolute atomic E-state index is 15.5. The van der Waals surface area contributed by atoms with Crippen molar-refractivity contribution < 1.29 is 47.7 Å². The van der Waals surface area contributed by atoms with Crippen molar-refractivity contribution in [3.8, 4) is 0 Å². The van der Waals surface area contributed by atoms with Gasteiger partial charge in [-0.1, -0.05) is 338 Å². The first-order chi connectivity index (χ1) is 53.4. The number of esters is 4. The fourth-order valence-electron chi connectivity index (χ4n) is 16.7. The first-order valence-corrected chi connectivity index (χ1v) is 48.3. The van der Waals surface area contributed by atoms with E-state index in [9.17, 15) is 19.2 Å². The van der Waals surface area contributed by atoms with Crippen LogP contribution in [0.3, 0.4) is 0 Å².